The second-order valence-electron chi connectivity index (χ2n) is 6.19. The lowest BCUT2D eigenvalue weighted by Crippen LogP contribution is -2.52. The van der Waals surface area contributed by atoms with Crippen LogP contribution in [0.1, 0.15) is 48.5 Å². The van der Waals surface area contributed by atoms with E-state index in [1.54, 1.807) is 48.5 Å². The van der Waals surface area contributed by atoms with Crippen molar-refractivity contribution < 1.29 is 19.2 Å². The van der Waals surface area contributed by atoms with Crippen molar-refractivity contribution in [2.24, 2.45) is 5.41 Å². The third-order valence-corrected chi connectivity index (χ3v) is 4.47. The lowest BCUT2D eigenvalue weighted by Gasteiger charge is -2.46. The maximum absolute atomic E-state index is 12.2. The van der Waals surface area contributed by atoms with Gasteiger partial charge in [-0.3, -0.25) is 0 Å². The van der Waals surface area contributed by atoms with Gasteiger partial charge in [-0.1, -0.05) is 20.8 Å². The van der Waals surface area contributed by atoms with Crippen LogP contribution in [0.4, 0.5) is 0 Å². The third-order valence-electron chi connectivity index (χ3n) is 2.27. The molecule has 0 amide bonds. The van der Waals surface area contributed by atoms with Crippen molar-refractivity contribution in [1.29, 1.82) is 0 Å². The smallest absolute Gasteiger partial charge is 0.155 e. The van der Waals surface area contributed by atoms with Gasteiger partial charge in [0, 0.05) is 5.54 Å². The highest BCUT2D eigenvalue weighted by Gasteiger charge is 2.44. The summed E-state index contributed by atoms with van der Waals surface area (Å²) in [6.07, 6.45) is 0. The molecular weight excluding hydrogens is 241 g/mol. The summed E-state index contributed by atoms with van der Waals surface area (Å²) in [5.41, 5.74) is -1.49. The van der Waals surface area contributed by atoms with Gasteiger partial charge in [0.25, 0.3) is 0 Å². The van der Waals surface area contributed by atoms with Gasteiger partial charge >= 0.3 is 0 Å². The van der Waals surface area contributed by atoms with E-state index in [-0.39, 0.29) is 6.61 Å². The molecule has 5 nitrogen and oxygen atoms in total. The number of hydrogen-bond donors (Lipinski definition) is 0. The molecule has 0 saturated heterocycles. The molecule has 1 radical (unpaired) electrons. The summed E-state index contributed by atoms with van der Waals surface area (Å²) in [5.74, 6) is -1.19. The molecule has 0 bridgehead atoms. The summed E-state index contributed by atoms with van der Waals surface area (Å²) >= 11 is 0. The highest BCUT2D eigenvalue weighted by atomic mass is 31.2. The SMILES string of the molecule is CCOP(=O)([O-])C(N([O])C(C)(C)C)C(C)(C)C. The molecule has 0 aliphatic heterocycles. The zero-order valence-electron chi connectivity index (χ0n) is 11.8. The fourth-order valence-electron chi connectivity index (χ4n) is 1.57. The predicted molar refractivity (Wildman–Crippen MR) is 64.8 cm³/mol. The van der Waals surface area contributed by atoms with E-state index < -0.39 is 24.3 Å². The van der Waals surface area contributed by atoms with Crippen molar-refractivity contribution in [3.63, 3.8) is 0 Å². The first-order valence-electron chi connectivity index (χ1n) is 5.75. The first kappa shape index (κ1) is 17.1. The highest BCUT2D eigenvalue weighted by molar-refractivity contribution is 7.52. The first-order valence-corrected chi connectivity index (χ1v) is 7.37. The Morgan fingerprint density at radius 1 is 1.24 bits per heavy atom. The Bertz CT molecular complexity index is 293. The molecule has 0 aromatic carbocycles. The van der Waals surface area contributed by atoms with E-state index in [1.165, 1.54) is 0 Å². The summed E-state index contributed by atoms with van der Waals surface area (Å²) in [7, 11) is -4.21. The van der Waals surface area contributed by atoms with Crippen LogP contribution in [0.25, 0.3) is 0 Å². The van der Waals surface area contributed by atoms with Gasteiger partial charge in [0.1, 0.15) is 5.78 Å². The second kappa shape index (κ2) is 5.37. The first-order chi connectivity index (χ1) is 7.34. The Morgan fingerprint density at radius 2 is 1.65 bits per heavy atom. The average molecular weight is 265 g/mol. The van der Waals surface area contributed by atoms with Gasteiger partial charge < -0.3 is 14.0 Å². The maximum atomic E-state index is 12.2. The molecule has 0 spiro atoms. The fourth-order valence-corrected chi connectivity index (χ4v) is 3.63. The molecule has 0 fully saturated rings. The van der Waals surface area contributed by atoms with Crippen molar-refractivity contribution in [3.05, 3.63) is 0 Å². The molecular formula is C11H24NO4P-. The summed E-state index contributed by atoms with van der Waals surface area (Å²) < 4.78 is 16.8. The summed E-state index contributed by atoms with van der Waals surface area (Å²) in [6, 6.07) is 0. The van der Waals surface area contributed by atoms with Crippen LogP contribution in [0.3, 0.4) is 0 Å². The van der Waals surface area contributed by atoms with Gasteiger partial charge in [-0.2, -0.15) is 0 Å². The number of hydroxylamine groups is 2. The van der Waals surface area contributed by atoms with Crippen molar-refractivity contribution >= 4 is 7.60 Å². The fraction of sp³-hybridized carbons (Fsp3) is 1.00. The summed E-state index contributed by atoms with van der Waals surface area (Å²) in [4.78, 5) is 12.0. The minimum Gasteiger partial charge on any atom is -0.777 e. The van der Waals surface area contributed by atoms with Crippen LogP contribution in [0.15, 0.2) is 0 Å². The van der Waals surface area contributed by atoms with Crippen LogP contribution >= 0.6 is 7.60 Å². The topological polar surface area (TPSA) is 72.5 Å². The Labute approximate surface area is 104 Å². The average Bonchev–Trinajstić information content (AvgIpc) is 1.97. The molecule has 0 rings (SSSR count). The minimum absolute atomic E-state index is 0.0470. The van der Waals surface area contributed by atoms with Gasteiger partial charge in [0.2, 0.25) is 0 Å². The van der Waals surface area contributed by atoms with Gasteiger partial charge in [-0.05, 0) is 33.1 Å². The number of nitrogens with zero attached hydrogens (tertiary/aromatic N) is 1. The van der Waals surface area contributed by atoms with Crippen LogP contribution in [0.2, 0.25) is 0 Å². The van der Waals surface area contributed by atoms with Gasteiger partial charge in [-0.25, -0.2) is 0 Å². The molecule has 17 heavy (non-hydrogen) atoms. The second-order valence-corrected chi connectivity index (χ2v) is 8.02. The Balaban J connectivity index is 5.39. The largest absolute Gasteiger partial charge is 0.777 e. The van der Waals surface area contributed by atoms with E-state index in [1.807, 2.05) is 0 Å². The summed E-state index contributed by atoms with van der Waals surface area (Å²) in [5, 5.41) is 12.8. The minimum atomic E-state index is -4.21. The van der Waals surface area contributed by atoms with Crippen molar-refractivity contribution in [3.8, 4) is 0 Å². The quantitative estimate of drug-likeness (QED) is 0.578. The molecule has 0 heterocycles. The zero-order chi connectivity index (χ0) is 14.1. The number of hydrogen-bond acceptors (Lipinski definition) is 4. The summed E-state index contributed by atoms with van der Waals surface area (Å²) in [6.45, 7) is 11.9. The molecule has 0 aliphatic rings. The highest BCUT2D eigenvalue weighted by Crippen LogP contribution is 2.53. The van der Waals surface area contributed by atoms with Crippen molar-refractivity contribution in [2.45, 2.75) is 59.8 Å². The normalized spacial score (nSPS) is 19.2. The standard InChI is InChI=1S/C11H25NO4P/c1-8-16-17(14,15)9(10(2,3)4)12(13)11(5,6)7/h9H,8H2,1-7H3,(H,14,15)/p-1. The lowest BCUT2D eigenvalue weighted by molar-refractivity contribution is -0.267. The molecule has 2 atom stereocenters. The lowest BCUT2D eigenvalue weighted by atomic mass is 9.94. The Kier molecular flexibility index (Phi) is 5.39. The van der Waals surface area contributed by atoms with Crippen molar-refractivity contribution in [1.82, 2.24) is 5.06 Å². The van der Waals surface area contributed by atoms with Gasteiger partial charge in [0.05, 0.1) is 6.61 Å². The van der Waals surface area contributed by atoms with Crippen LogP contribution in [-0.2, 0) is 14.3 Å². The van der Waals surface area contributed by atoms with Crippen LogP contribution in [-0.4, -0.2) is 23.0 Å². The molecule has 0 aromatic heterocycles. The Morgan fingerprint density at radius 3 is 1.88 bits per heavy atom. The Hall–Kier alpha value is 0.0700. The molecule has 103 valence electrons. The molecule has 2 unspecified atom stereocenters. The molecule has 0 saturated carbocycles. The molecule has 0 aliphatic carbocycles. The van der Waals surface area contributed by atoms with E-state index in [0.717, 1.165) is 0 Å². The van der Waals surface area contributed by atoms with E-state index in [0.29, 0.717) is 5.06 Å². The predicted octanol–water partition coefficient (Wildman–Crippen LogP) is 2.39. The molecule has 6 heteroatoms. The van der Waals surface area contributed by atoms with E-state index in [4.69, 9.17) is 4.52 Å². The number of rotatable bonds is 4. The van der Waals surface area contributed by atoms with Gasteiger partial charge in [0.15, 0.2) is 7.60 Å². The van der Waals surface area contributed by atoms with Crippen LogP contribution in [0, 0.1) is 5.41 Å². The van der Waals surface area contributed by atoms with Crippen LogP contribution < -0.4 is 4.89 Å². The monoisotopic (exact) mass is 265 g/mol. The third kappa shape index (κ3) is 4.68. The van der Waals surface area contributed by atoms with E-state index >= 15 is 0 Å². The zero-order valence-corrected chi connectivity index (χ0v) is 12.7. The van der Waals surface area contributed by atoms with Crippen molar-refractivity contribution in [2.75, 3.05) is 6.61 Å². The maximum Gasteiger partial charge on any atom is 0.155 e. The van der Waals surface area contributed by atoms with Gasteiger partial charge in [-0.15, -0.1) is 10.3 Å². The van der Waals surface area contributed by atoms with E-state index in [2.05, 4.69) is 0 Å². The van der Waals surface area contributed by atoms with Crippen LogP contribution in [0.5, 0.6) is 0 Å². The van der Waals surface area contributed by atoms with E-state index in [9.17, 15) is 14.7 Å². The molecule has 0 aromatic rings. The molecule has 0 N–H and O–H groups in total.